The summed E-state index contributed by atoms with van der Waals surface area (Å²) in [5.74, 6) is 0.350. The lowest BCUT2D eigenvalue weighted by atomic mass is 10.1. The second kappa shape index (κ2) is 7.40. The molecule has 0 aliphatic rings. The van der Waals surface area contributed by atoms with Gasteiger partial charge in [0.05, 0.1) is 12.7 Å². The summed E-state index contributed by atoms with van der Waals surface area (Å²) in [5.41, 5.74) is 0.277. The van der Waals surface area contributed by atoms with E-state index in [4.69, 9.17) is 9.47 Å². The molecule has 1 aromatic carbocycles. The molecule has 1 aromatic rings. The fraction of sp³-hybridized carbons (Fsp3) is 0.571. The predicted molar refractivity (Wildman–Crippen MR) is 72.4 cm³/mol. The summed E-state index contributed by atoms with van der Waals surface area (Å²) in [4.78, 5) is 0. The van der Waals surface area contributed by atoms with Crippen LogP contribution in [0.1, 0.15) is 19.4 Å². The van der Waals surface area contributed by atoms with Crippen molar-refractivity contribution in [2.24, 2.45) is 0 Å². The van der Waals surface area contributed by atoms with Crippen molar-refractivity contribution in [3.8, 4) is 11.5 Å². The summed E-state index contributed by atoms with van der Waals surface area (Å²) in [6.07, 6.45) is 0. The fourth-order valence-corrected chi connectivity index (χ4v) is 1.65. The number of hydrogen-bond acceptors (Lipinski definition) is 4. The largest absolute Gasteiger partial charge is 0.493 e. The van der Waals surface area contributed by atoms with Gasteiger partial charge in [0, 0.05) is 25.8 Å². The third-order valence-electron chi connectivity index (χ3n) is 2.91. The first-order valence-electron chi connectivity index (χ1n) is 6.26. The SMILES string of the molecule is COc1cccc(CNCC(C)(C)OC)c1OC(F)F. The van der Waals surface area contributed by atoms with E-state index in [-0.39, 0.29) is 17.1 Å². The van der Waals surface area contributed by atoms with Crippen molar-refractivity contribution in [3.63, 3.8) is 0 Å². The molecular weight excluding hydrogens is 268 g/mol. The first-order valence-corrected chi connectivity index (χ1v) is 6.26. The maximum Gasteiger partial charge on any atom is 0.387 e. The molecule has 0 aliphatic carbocycles. The summed E-state index contributed by atoms with van der Waals surface area (Å²) >= 11 is 0. The molecule has 4 nitrogen and oxygen atoms in total. The Bertz CT molecular complexity index is 425. The molecule has 20 heavy (non-hydrogen) atoms. The van der Waals surface area contributed by atoms with Gasteiger partial charge in [-0.25, -0.2) is 0 Å². The molecule has 0 atom stereocenters. The van der Waals surface area contributed by atoms with Crippen molar-refractivity contribution >= 4 is 0 Å². The van der Waals surface area contributed by atoms with Crippen molar-refractivity contribution in [2.75, 3.05) is 20.8 Å². The van der Waals surface area contributed by atoms with Crippen LogP contribution in [0.4, 0.5) is 8.78 Å². The van der Waals surface area contributed by atoms with E-state index < -0.39 is 6.61 Å². The summed E-state index contributed by atoms with van der Waals surface area (Å²) in [5, 5.41) is 3.15. The van der Waals surface area contributed by atoms with Crippen LogP contribution in [-0.2, 0) is 11.3 Å². The van der Waals surface area contributed by atoms with E-state index in [2.05, 4.69) is 10.1 Å². The Morgan fingerprint density at radius 1 is 1.25 bits per heavy atom. The van der Waals surface area contributed by atoms with Crippen LogP contribution >= 0.6 is 0 Å². The summed E-state index contributed by atoms with van der Waals surface area (Å²) < 4.78 is 39.8. The van der Waals surface area contributed by atoms with Crippen LogP contribution in [0.2, 0.25) is 0 Å². The summed E-state index contributed by atoms with van der Waals surface area (Å²) in [6, 6.07) is 5.03. The lowest BCUT2D eigenvalue weighted by Gasteiger charge is -2.23. The minimum absolute atomic E-state index is 0.0627. The van der Waals surface area contributed by atoms with Crippen LogP contribution in [0.25, 0.3) is 0 Å². The molecule has 0 radical (unpaired) electrons. The van der Waals surface area contributed by atoms with Crippen LogP contribution in [0.3, 0.4) is 0 Å². The van der Waals surface area contributed by atoms with E-state index in [9.17, 15) is 8.78 Å². The van der Waals surface area contributed by atoms with Crippen LogP contribution in [0.15, 0.2) is 18.2 Å². The number of nitrogens with one attached hydrogen (secondary N) is 1. The second-order valence-electron chi connectivity index (χ2n) is 4.89. The monoisotopic (exact) mass is 289 g/mol. The Kier molecular flexibility index (Phi) is 6.16. The molecule has 0 heterocycles. The molecular formula is C14H21F2NO3. The van der Waals surface area contributed by atoms with Crippen molar-refractivity contribution in [1.29, 1.82) is 0 Å². The molecule has 114 valence electrons. The third kappa shape index (κ3) is 4.94. The van der Waals surface area contributed by atoms with E-state index in [1.165, 1.54) is 7.11 Å². The molecule has 0 unspecified atom stereocenters. The van der Waals surface area contributed by atoms with Gasteiger partial charge in [-0.1, -0.05) is 12.1 Å². The average molecular weight is 289 g/mol. The van der Waals surface area contributed by atoms with Gasteiger partial charge in [-0.15, -0.1) is 0 Å². The molecule has 6 heteroatoms. The van der Waals surface area contributed by atoms with Crippen molar-refractivity contribution in [2.45, 2.75) is 32.6 Å². The molecule has 0 saturated carbocycles. The molecule has 0 spiro atoms. The molecule has 0 bridgehead atoms. The highest BCUT2D eigenvalue weighted by Gasteiger charge is 2.18. The zero-order valence-corrected chi connectivity index (χ0v) is 12.2. The third-order valence-corrected chi connectivity index (χ3v) is 2.91. The first kappa shape index (κ1) is 16.7. The number of hydrogen-bond donors (Lipinski definition) is 1. The van der Waals surface area contributed by atoms with Crippen molar-refractivity contribution in [3.05, 3.63) is 23.8 Å². The minimum atomic E-state index is -2.89. The number of alkyl halides is 2. The Labute approximate surface area is 118 Å². The van der Waals surface area contributed by atoms with Gasteiger partial charge in [-0.3, -0.25) is 0 Å². The molecule has 0 aromatic heterocycles. The van der Waals surface area contributed by atoms with Crippen molar-refractivity contribution in [1.82, 2.24) is 5.32 Å². The fourth-order valence-electron chi connectivity index (χ4n) is 1.65. The standard InChI is InChI=1S/C14H21F2NO3/c1-14(2,19-4)9-17-8-10-6-5-7-11(18-3)12(10)20-13(15)16/h5-7,13,17H,8-9H2,1-4H3. The lowest BCUT2D eigenvalue weighted by Crippen LogP contribution is -2.36. The highest BCUT2D eigenvalue weighted by molar-refractivity contribution is 5.46. The van der Waals surface area contributed by atoms with Gasteiger partial charge in [0.2, 0.25) is 0 Å². The average Bonchev–Trinajstić information content (AvgIpc) is 2.39. The van der Waals surface area contributed by atoms with Crippen LogP contribution in [0.5, 0.6) is 11.5 Å². The topological polar surface area (TPSA) is 39.7 Å². The highest BCUT2D eigenvalue weighted by Crippen LogP contribution is 2.32. The Balaban J connectivity index is 2.78. The molecule has 1 rings (SSSR count). The number of rotatable bonds is 8. The zero-order valence-electron chi connectivity index (χ0n) is 12.2. The van der Waals surface area contributed by atoms with Gasteiger partial charge in [-0.2, -0.15) is 8.78 Å². The number of para-hydroxylation sites is 1. The number of ether oxygens (including phenoxy) is 3. The molecule has 0 aliphatic heterocycles. The number of halogens is 2. The molecule has 0 amide bonds. The molecule has 1 N–H and O–H groups in total. The minimum Gasteiger partial charge on any atom is -0.493 e. The van der Waals surface area contributed by atoms with Gasteiger partial charge in [0.25, 0.3) is 0 Å². The lowest BCUT2D eigenvalue weighted by molar-refractivity contribution is -0.0519. The van der Waals surface area contributed by atoms with Gasteiger partial charge in [0.1, 0.15) is 0 Å². The smallest absolute Gasteiger partial charge is 0.387 e. The van der Waals surface area contributed by atoms with E-state index >= 15 is 0 Å². The second-order valence-corrected chi connectivity index (χ2v) is 4.89. The van der Waals surface area contributed by atoms with E-state index in [0.717, 1.165) is 0 Å². The van der Waals surface area contributed by atoms with Crippen molar-refractivity contribution < 1.29 is 23.0 Å². The van der Waals surface area contributed by atoms with E-state index in [1.54, 1.807) is 25.3 Å². The van der Waals surface area contributed by atoms with Crippen LogP contribution in [0, 0.1) is 0 Å². The quantitative estimate of drug-likeness (QED) is 0.799. The van der Waals surface area contributed by atoms with Gasteiger partial charge in [0.15, 0.2) is 11.5 Å². The van der Waals surface area contributed by atoms with Crippen LogP contribution in [-0.4, -0.2) is 33.0 Å². The Morgan fingerprint density at radius 2 is 1.95 bits per heavy atom. The summed E-state index contributed by atoms with van der Waals surface area (Å²) in [6.45, 7) is 1.94. The number of methoxy groups -OCH3 is 2. The van der Waals surface area contributed by atoms with Gasteiger partial charge < -0.3 is 19.5 Å². The molecule has 0 saturated heterocycles. The Morgan fingerprint density at radius 3 is 2.50 bits per heavy atom. The maximum atomic E-state index is 12.5. The summed E-state index contributed by atoms with van der Waals surface area (Å²) in [7, 11) is 3.04. The molecule has 0 fully saturated rings. The van der Waals surface area contributed by atoms with E-state index in [1.807, 2.05) is 13.8 Å². The first-order chi connectivity index (χ1) is 9.39. The highest BCUT2D eigenvalue weighted by atomic mass is 19.3. The van der Waals surface area contributed by atoms with E-state index in [0.29, 0.717) is 18.7 Å². The maximum absolute atomic E-state index is 12.5. The predicted octanol–water partition coefficient (Wildman–Crippen LogP) is 2.81. The number of benzene rings is 1. The van der Waals surface area contributed by atoms with Gasteiger partial charge >= 0.3 is 6.61 Å². The normalized spacial score (nSPS) is 11.8. The van der Waals surface area contributed by atoms with Gasteiger partial charge in [-0.05, 0) is 19.9 Å². The van der Waals surface area contributed by atoms with Crippen LogP contribution < -0.4 is 14.8 Å². The Hall–Kier alpha value is -1.40. The zero-order chi connectivity index (χ0) is 15.2.